The van der Waals surface area contributed by atoms with E-state index < -0.39 is 0 Å². The first kappa shape index (κ1) is 13.4. The van der Waals surface area contributed by atoms with Crippen LogP contribution in [0, 0.1) is 0 Å². The monoisotopic (exact) mass is 292 g/mol. The van der Waals surface area contributed by atoms with Crippen molar-refractivity contribution in [3.63, 3.8) is 0 Å². The molecule has 88 valence electrons. The molecule has 0 aromatic heterocycles. The molecule has 0 saturated carbocycles. The summed E-state index contributed by atoms with van der Waals surface area (Å²) >= 11 is 5.41. The lowest BCUT2D eigenvalue weighted by molar-refractivity contribution is 0.666. The summed E-state index contributed by atoms with van der Waals surface area (Å²) in [6.07, 6.45) is 5.18. The van der Waals surface area contributed by atoms with Gasteiger partial charge in [0.25, 0.3) is 0 Å². The molecule has 1 aliphatic rings. The Morgan fingerprint density at radius 1 is 1.40 bits per heavy atom. The molecule has 1 heterocycles. The summed E-state index contributed by atoms with van der Waals surface area (Å²) < 4.78 is 0. The Morgan fingerprint density at radius 3 is 2.80 bits per heavy atom. The molecule has 1 aliphatic heterocycles. The summed E-state index contributed by atoms with van der Waals surface area (Å²) in [5.74, 6) is 0. The molecular weight excluding hydrogens is 272 g/mol. The van der Waals surface area contributed by atoms with Gasteiger partial charge in [0.1, 0.15) is 0 Å². The van der Waals surface area contributed by atoms with Crippen molar-refractivity contribution < 1.29 is 0 Å². The third kappa shape index (κ3) is 4.77. The first-order valence-corrected chi connectivity index (χ1v) is 7.81. The van der Waals surface area contributed by atoms with E-state index in [1.807, 2.05) is 11.8 Å². The Labute approximate surface area is 106 Å². The molecule has 4 heteroatoms. The van der Waals surface area contributed by atoms with Gasteiger partial charge in [-0.05, 0) is 13.3 Å². The lowest BCUT2D eigenvalue weighted by Crippen LogP contribution is -2.28. The number of rotatable bonds is 6. The van der Waals surface area contributed by atoms with E-state index in [1.165, 1.54) is 25.7 Å². The highest BCUT2D eigenvalue weighted by atomic mass is 79.9. The van der Waals surface area contributed by atoms with Crippen molar-refractivity contribution in [2.45, 2.75) is 50.8 Å². The second kappa shape index (κ2) is 7.55. The molecule has 2 nitrogen and oxygen atoms in total. The molecule has 0 spiro atoms. The van der Waals surface area contributed by atoms with Gasteiger partial charge in [-0.1, -0.05) is 53.9 Å². The summed E-state index contributed by atoms with van der Waals surface area (Å²) in [7, 11) is 0. The van der Waals surface area contributed by atoms with Crippen molar-refractivity contribution in [1.82, 2.24) is 5.32 Å². The summed E-state index contributed by atoms with van der Waals surface area (Å²) in [5.41, 5.74) is 0. The quantitative estimate of drug-likeness (QED) is 0.599. The van der Waals surface area contributed by atoms with E-state index in [9.17, 15) is 0 Å². The molecule has 0 bridgehead atoms. The van der Waals surface area contributed by atoms with Crippen molar-refractivity contribution in [3.8, 4) is 0 Å². The fourth-order valence-corrected chi connectivity index (χ4v) is 3.53. The van der Waals surface area contributed by atoms with Gasteiger partial charge in [0.2, 0.25) is 0 Å². The fraction of sp³-hybridized carbons (Fsp3) is 0.909. The van der Waals surface area contributed by atoms with Crippen molar-refractivity contribution in [2.75, 3.05) is 11.9 Å². The molecule has 0 radical (unpaired) electrons. The van der Waals surface area contributed by atoms with Crippen LogP contribution in [0.5, 0.6) is 0 Å². The summed E-state index contributed by atoms with van der Waals surface area (Å²) in [5, 5.41) is 6.25. The van der Waals surface area contributed by atoms with Gasteiger partial charge in [-0.25, -0.2) is 0 Å². The topological polar surface area (TPSA) is 24.4 Å². The number of thioether (sulfide) groups is 1. The second-order valence-corrected chi connectivity index (χ2v) is 5.87. The average Bonchev–Trinajstić information content (AvgIpc) is 2.59. The number of alkyl halides is 1. The highest BCUT2D eigenvalue weighted by molar-refractivity contribution is 9.09. The Hall–Kier alpha value is 0.300. The molecule has 0 aromatic rings. The largest absolute Gasteiger partial charge is 0.361 e. The van der Waals surface area contributed by atoms with Crippen LogP contribution in [0.4, 0.5) is 0 Å². The van der Waals surface area contributed by atoms with Crippen LogP contribution in [-0.2, 0) is 0 Å². The first-order valence-electron chi connectivity index (χ1n) is 5.81. The number of amidine groups is 1. The number of hydrogen-bond acceptors (Lipinski definition) is 2. The van der Waals surface area contributed by atoms with Gasteiger partial charge in [0.15, 0.2) is 5.17 Å². The highest BCUT2D eigenvalue weighted by Gasteiger charge is 2.26. The minimum absolute atomic E-state index is 0.545. The van der Waals surface area contributed by atoms with Gasteiger partial charge < -0.3 is 5.32 Å². The van der Waals surface area contributed by atoms with E-state index in [0.29, 0.717) is 11.3 Å². The molecule has 0 amide bonds. The standard InChI is InChI=1S/C11H21BrN2S/c1-3-4-5-6-7-13-11-14-9(2)10(8-12)15-11/h9-10H,3-8H2,1-2H3,(H,13,14). The zero-order valence-corrected chi connectivity index (χ0v) is 12.0. The SMILES string of the molecule is CCCCCCN=C1NC(C)C(CBr)S1. The number of hydrogen-bond donors (Lipinski definition) is 1. The van der Waals surface area contributed by atoms with E-state index in [1.54, 1.807) is 0 Å². The van der Waals surface area contributed by atoms with E-state index in [4.69, 9.17) is 0 Å². The molecule has 15 heavy (non-hydrogen) atoms. The van der Waals surface area contributed by atoms with Crippen molar-refractivity contribution >= 4 is 32.9 Å². The molecular formula is C11H21BrN2S. The van der Waals surface area contributed by atoms with E-state index in [2.05, 4.69) is 40.1 Å². The molecule has 0 aromatic carbocycles. The fourth-order valence-electron chi connectivity index (χ4n) is 1.53. The predicted molar refractivity (Wildman–Crippen MR) is 74.2 cm³/mol. The third-order valence-electron chi connectivity index (χ3n) is 2.59. The summed E-state index contributed by atoms with van der Waals surface area (Å²) in [6, 6.07) is 0.545. The van der Waals surface area contributed by atoms with Gasteiger partial charge in [0, 0.05) is 23.2 Å². The number of unbranched alkanes of at least 4 members (excludes halogenated alkanes) is 3. The number of halogens is 1. The Morgan fingerprint density at radius 2 is 2.20 bits per heavy atom. The van der Waals surface area contributed by atoms with Gasteiger partial charge >= 0.3 is 0 Å². The second-order valence-electron chi connectivity index (χ2n) is 3.99. The highest BCUT2D eigenvalue weighted by Crippen LogP contribution is 2.24. The van der Waals surface area contributed by atoms with Crippen molar-refractivity contribution in [3.05, 3.63) is 0 Å². The lowest BCUT2D eigenvalue weighted by Gasteiger charge is -2.07. The van der Waals surface area contributed by atoms with E-state index >= 15 is 0 Å². The molecule has 1 fully saturated rings. The number of aliphatic imine (C=N–C) groups is 1. The van der Waals surface area contributed by atoms with Gasteiger partial charge in [-0.3, -0.25) is 4.99 Å². The van der Waals surface area contributed by atoms with E-state index in [0.717, 1.165) is 17.0 Å². The maximum atomic E-state index is 4.59. The Bertz CT molecular complexity index is 209. The van der Waals surface area contributed by atoms with Crippen LogP contribution in [0.15, 0.2) is 4.99 Å². The lowest BCUT2D eigenvalue weighted by atomic mass is 10.2. The van der Waals surface area contributed by atoms with Gasteiger partial charge in [-0.15, -0.1) is 0 Å². The molecule has 0 aliphatic carbocycles. The smallest absolute Gasteiger partial charge is 0.157 e. The van der Waals surface area contributed by atoms with Crippen LogP contribution in [0.1, 0.15) is 39.5 Å². The minimum Gasteiger partial charge on any atom is -0.361 e. The molecule has 1 rings (SSSR count). The molecule has 1 saturated heterocycles. The maximum absolute atomic E-state index is 4.59. The van der Waals surface area contributed by atoms with Crippen LogP contribution in [-0.4, -0.2) is 28.3 Å². The zero-order valence-electron chi connectivity index (χ0n) is 9.63. The van der Waals surface area contributed by atoms with Crippen LogP contribution < -0.4 is 5.32 Å². The van der Waals surface area contributed by atoms with Crippen LogP contribution in [0.25, 0.3) is 0 Å². The summed E-state index contributed by atoms with van der Waals surface area (Å²) in [6.45, 7) is 5.44. The van der Waals surface area contributed by atoms with Crippen LogP contribution in [0.3, 0.4) is 0 Å². The Balaban J connectivity index is 2.18. The molecule has 2 unspecified atom stereocenters. The van der Waals surface area contributed by atoms with E-state index in [-0.39, 0.29) is 0 Å². The Kier molecular flexibility index (Phi) is 6.73. The van der Waals surface area contributed by atoms with Crippen LogP contribution in [0.2, 0.25) is 0 Å². The van der Waals surface area contributed by atoms with Crippen molar-refractivity contribution in [1.29, 1.82) is 0 Å². The van der Waals surface area contributed by atoms with Gasteiger partial charge in [0.05, 0.1) is 0 Å². The normalized spacial score (nSPS) is 28.3. The zero-order chi connectivity index (χ0) is 11.1. The maximum Gasteiger partial charge on any atom is 0.157 e. The van der Waals surface area contributed by atoms with Gasteiger partial charge in [-0.2, -0.15) is 0 Å². The number of nitrogens with one attached hydrogen (secondary N) is 1. The minimum atomic E-state index is 0.545. The van der Waals surface area contributed by atoms with Crippen molar-refractivity contribution in [2.24, 2.45) is 4.99 Å². The number of nitrogens with zero attached hydrogens (tertiary/aromatic N) is 1. The average molecular weight is 293 g/mol. The first-order chi connectivity index (χ1) is 7.27. The molecule has 2 atom stereocenters. The predicted octanol–water partition coefficient (Wildman–Crippen LogP) is 3.41. The summed E-state index contributed by atoms with van der Waals surface area (Å²) in [4.78, 5) is 4.59. The molecule has 1 N–H and O–H groups in total. The third-order valence-corrected chi connectivity index (χ3v) is 5.07. The van der Waals surface area contributed by atoms with Crippen LogP contribution >= 0.6 is 27.7 Å².